The number of nitrogens with one attached hydrogen (secondary N) is 1. The van der Waals surface area contributed by atoms with E-state index in [1.54, 1.807) is 6.07 Å². The third kappa shape index (κ3) is 2.87. The molecule has 2 aromatic rings. The largest absolute Gasteiger partial charge is 0.460 e. The van der Waals surface area contributed by atoms with E-state index in [9.17, 15) is 4.39 Å². The quantitative estimate of drug-likeness (QED) is 0.853. The van der Waals surface area contributed by atoms with Crippen LogP contribution in [0, 0.1) is 9.39 Å². The number of halogens is 2. The number of benzene rings is 1. The van der Waals surface area contributed by atoms with Gasteiger partial charge in [-0.3, -0.25) is 0 Å². The molecule has 1 heterocycles. The molecule has 0 amide bonds. The molecule has 1 N–H and O–H groups in total. The molecule has 1 aromatic carbocycles. The molecule has 0 bridgehead atoms. The third-order valence-corrected chi connectivity index (χ3v) is 3.52. The van der Waals surface area contributed by atoms with Crippen molar-refractivity contribution in [1.82, 2.24) is 5.32 Å². The zero-order valence-electron chi connectivity index (χ0n) is 9.47. The molecule has 0 saturated heterocycles. The summed E-state index contributed by atoms with van der Waals surface area (Å²) >= 11 is 2.00. The SMILES string of the molecule is CCNCc1ccc(-c2cccc(F)c2I)o1. The van der Waals surface area contributed by atoms with Gasteiger partial charge in [0.25, 0.3) is 0 Å². The van der Waals surface area contributed by atoms with Gasteiger partial charge in [-0.05, 0) is 53.4 Å². The van der Waals surface area contributed by atoms with Gasteiger partial charge in [-0.1, -0.05) is 13.0 Å². The number of hydrogen-bond acceptors (Lipinski definition) is 2. The van der Waals surface area contributed by atoms with Crippen LogP contribution in [0.5, 0.6) is 0 Å². The van der Waals surface area contributed by atoms with E-state index >= 15 is 0 Å². The molecule has 0 radical (unpaired) electrons. The average Bonchev–Trinajstić information content (AvgIpc) is 2.78. The lowest BCUT2D eigenvalue weighted by atomic mass is 10.2. The van der Waals surface area contributed by atoms with Crippen LogP contribution in [0.3, 0.4) is 0 Å². The standard InChI is InChI=1S/C13H13FINO/c1-2-16-8-9-6-7-12(17-9)10-4-3-5-11(14)13(10)15/h3-7,16H,2,8H2,1H3. The van der Waals surface area contributed by atoms with E-state index in [0.717, 1.165) is 17.9 Å². The molecule has 17 heavy (non-hydrogen) atoms. The third-order valence-electron chi connectivity index (χ3n) is 2.43. The molecule has 2 nitrogen and oxygen atoms in total. The summed E-state index contributed by atoms with van der Waals surface area (Å²) < 4.78 is 19.7. The van der Waals surface area contributed by atoms with Crippen LogP contribution in [0.15, 0.2) is 34.7 Å². The Balaban J connectivity index is 2.27. The second kappa shape index (κ2) is 5.64. The maximum atomic E-state index is 13.4. The average molecular weight is 345 g/mol. The van der Waals surface area contributed by atoms with Crippen molar-refractivity contribution in [2.75, 3.05) is 6.54 Å². The van der Waals surface area contributed by atoms with Crippen LogP contribution >= 0.6 is 22.6 Å². The first-order valence-corrected chi connectivity index (χ1v) is 6.54. The molecule has 0 spiro atoms. The topological polar surface area (TPSA) is 25.2 Å². The lowest BCUT2D eigenvalue weighted by molar-refractivity contribution is 0.497. The molecule has 0 fully saturated rings. The second-order valence-corrected chi connectivity index (χ2v) is 4.73. The van der Waals surface area contributed by atoms with Crippen LogP contribution in [0.25, 0.3) is 11.3 Å². The van der Waals surface area contributed by atoms with E-state index in [-0.39, 0.29) is 5.82 Å². The van der Waals surface area contributed by atoms with Gasteiger partial charge in [-0.2, -0.15) is 0 Å². The molecule has 0 atom stereocenters. The summed E-state index contributed by atoms with van der Waals surface area (Å²) in [4.78, 5) is 0. The lowest BCUT2D eigenvalue weighted by Gasteiger charge is -2.02. The van der Waals surface area contributed by atoms with Gasteiger partial charge >= 0.3 is 0 Å². The van der Waals surface area contributed by atoms with Crippen molar-refractivity contribution in [2.24, 2.45) is 0 Å². The summed E-state index contributed by atoms with van der Waals surface area (Å²) in [6.45, 7) is 3.63. The highest BCUT2D eigenvalue weighted by Crippen LogP contribution is 2.28. The highest BCUT2D eigenvalue weighted by molar-refractivity contribution is 14.1. The van der Waals surface area contributed by atoms with E-state index in [1.165, 1.54) is 6.07 Å². The molecule has 0 saturated carbocycles. The Morgan fingerprint density at radius 1 is 1.29 bits per heavy atom. The Bertz CT molecular complexity index is 510. The van der Waals surface area contributed by atoms with Crippen LogP contribution < -0.4 is 5.32 Å². The van der Waals surface area contributed by atoms with Gasteiger partial charge in [0.1, 0.15) is 17.3 Å². The minimum Gasteiger partial charge on any atom is -0.460 e. The monoisotopic (exact) mass is 345 g/mol. The molecule has 0 aliphatic heterocycles. The van der Waals surface area contributed by atoms with Gasteiger partial charge in [0.05, 0.1) is 10.1 Å². The predicted octanol–water partition coefficient (Wildman–Crippen LogP) is 3.80. The Kier molecular flexibility index (Phi) is 4.17. The summed E-state index contributed by atoms with van der Waals surface area (Å²) in [5, 5.41) is 3.19. The van der Waals surface area contributed by atoms with Crippen molar-refractivity contribution in [3.63, 3.8) is 0 Å². The second-order valence-electron chi connectivity index (χ2n) is 3.65. The van der Waals surface area contributed by atoms with Crippen molar-refractivity contribution in [3.8, 4) is 11.3 Å². The molecule has 0 unspecified atom stereocenters. The highest BCUT2D eigenvalue weighted by atomic mass is 127. The molecular formula is C13H13FINO. The van der Waals surface area contributed by atoms with E-state index in [2.05, 4.69) is 5.32 Å². The van der Waals surface area contributed by atoms with Crippen LogP contribution in [0.2, 0.25) is 0 Å². The van der Waals surface area contributed by atoms with E-state index in [0.29, 0.717) is 15.9 Å². The molecular weight excluding hydrogens is 332 g/mol. The Hall–Kier alpha value is -0.880. The molecule has 4 heteroatoms. The van der Waals surface area contributed by atoms with E-state index in [4.69, 9.17) is 4.42 Å². The summed E-state index contributed by atoms with van der Waals surface area (Å²) in [7, 11) is 0. The van der Waals surface area contributed by atoms with Crippen molar-refractivity contribution >= 4 is 22.6 Å². The van der Waals surface area contributed by atoms with Crippen molar-refractivity contribution in [1.29, 1.82) is 0 Å². The van der Waals surface area contributed by atoms with Crippen LogP contribution in [-0.2, 0) is 6.54 Å². The Morgan fingerprint density at radius 3 is 2.88 bits per heavy atom. The molecule has 0 aliphatic rings. The minimum absolute atomic E-state index is 0.215. The van der Waals surface area contributed by atoms with Crippen LogP contribution in [0.1, 0.15) is 12.7 Å². The van der Waals surface area contributed by atoms with Gasteiger partial charge < -0.3 is 9.73 Å². The summed E-state index contributed by atoms with van der Waals surface area (Å²) in [6.07, 6.45) is 0. The molecule has 90 valence electrons. The van der Waals surface area contributed by atoms with Gasteiger partial charge in [-0.15, -0.1) is 0 Å². The first-order valence-electron chi connectivity index (χ1n) is 5.46. The summed E-state index contributed by atoms with van der Waals surface area (Å²) in [5.41, 5.74) is 0.799. The Morgan fingerprint density at radius 2 is 2.12 bits per heavy atom. The van der Waals surface area contributed by atoms with Gasteiger partial charge in [0, 0.05) is 5.56 Å². The zero-order valence-corrected chi connectivity index (χ0v) is 11.6. The fourth-order valence-electron chi connectivity index (χ4n) is 1.56. The zero-order chi connectivity index (χ0) is 12.3. The van der Waals surface area contributed by atoms with Crippen LogP contribution in [-0.4, -0.2) is 6.54 Å². The van der Waals surface area contributed by atoms with Crippen LogP contribution in [0.4, 0.5) is 4.39 Å². The number of rotatable bonds is 4. The van der Waals surface area contributed by atoms with Gasteiger partial charge in [0.15, 0.2) is 0 Å². The summed E-state index contributed by atoms with van der Waals surface area (Å²) in [6, 6.07) is 8.80. The summed E-state index contributed by atoms with van der Waals surface area (Å²) in [5.74, 6) is 1.36. The highest BCUT2D eigenvalue weighted by Gasteiger charge is 2.10. The molecule has 2 rings (SSSR count). The van der Waals surface area contributed by atoms with Gasteiger partial charge in [-0.25, -0.2) is 4.39 Å². The maximum absolute atomic E-state index is 13.4. The van der Waals surface area contributed by atoms with Crippen molar-refractivity contribution < 1.29 is 8.81 Å². The van der Waals surface area contributed by atoms with E-state index in [1.807, 2.05) is 47.7 Å². The number of furan rings is 1. The first-order chi connectivity index (χ1) is 8.22. The minimum atomic E-state index is -0.215. The van der Waals surface area contributed by atoms with E-state index < -0.39 is 0 Å². The normalized spacial score (nSPS) is 10.8. The fraction of sp³-hybridized carbons (Fsp3) is 0.231. The number of hydrogen-bond donors (Lipinski definition) is 1. The Labute approximate surface area is 113 Å². The maximum Gasteiger partial charge on any atom is 0.137 e. The molecule has 1 aromatic heterocycles. The fourth-order valence-corrected chi connectivity index (χ4v) is 2.19. The first kappa shape index (κ1) is 12.6. The lowest BCUT2D eigenvalue weighted by Crippen LogP contribution is -2.10. The van der Waals surface area contributed by atoms with Crippen molar-refractivity contribution in [2.45, 2.75) is 13.5 Å². The van der Waals surface area contributed by atoms with Gasteiger partial charge in [0.2, 0.25) is 0 Å². The predicted molar refractivity (Wildman–Crippen MR) is 74.2 cm³/mol. The van der Waals surface area contributed by atoms with Crippen molar-refractivity contribution in [3.05, 3.63) is 45.5 Å². The molecule has 0 aliphatic carbocycles. The smallest absolute Gasteiger partial charge is 0.137 e.